The molecule has 1 aromatic rings. The highest BCUT2D eigenvalue weighted by Gasteiger charge is 2.37. The van der Waals surface area contributed by atoms with Gasteiger partial charge in [0.1, 0.15) is 5.60 Å². The van der Waals surface area contributed by atoms with Crippen LogP contribution in [0.1, 0.15) is 38.7 Å². The van der Waals surface area contributed by atoms with Crippen LogP contribution >= 0.6 is 11.6 Å². The molecule has 110 valence electrons. The fourth-order valence-corrected chi connectivity index (χ4v) is 2.43. The van der Waals surface area contributed by atoms with E-state index in [1.165, 1.54) is 5.56 Å². The van der Waals surface area contributed by atoms with Crippen molar-refractivity contribution in [2.75, 3.05) is 11.9 Å². The second kappa shape index (κ2) is 5.62. The zero-order valence-electron chi connectivity index (χ0n) is 12.1. The smallest absolute Gasteiger partial charge is 0.412 e. The molecule has 2 atom stereocenters. The lowest BCUT2D eigenvalue weighted by Gasteiger charge is -2.20. The second-order valence-electron chi connectivity index (χ2n) is 6.20. The first-order valence-electron chi connectivity index (χ1n) is 6.79. The number of carbonyl (C=O) groups is 1. The van der Waals surface area contributed by atoms with Crippen molar-refractivity contribution in [2.45, 2.75) is 38.7 Å². The number of hydrogen-bond donors (Lipinski definition) is 2. The molecule has 0 heterocycles. The van der Waals surface area contributed by atoms with Gasteiger partial charge in [-0.2, -0.15) is 0 Å². The highest BCUT2D eigenvalue weighted by Crippen LogP contribution is 2.47. The van der Waals surface area contributed by atoms with E-state index in [2.05, 4.69) is 5.32 Å². The Morgan fingerprint density at radius 2 is 2.20 bits per heavy atom. The van der Waals surface area contributed by atoms with E-state index in [1.54, 1.807) is 0 Å². The molecule has 1 aromatic carbocycles. The van der Waals surface area contributed by atoms with Gasteiger partial charge in [0.2, 0.25) is 0 Å². The number of amides is 1. The number of carbonyl (C=O) groups excluding carboxylic acids is 1. The standard InChI is InChI=1S/C15H21ClN2O2/c1-15(2,3)20-14(19)18-13-5-4-9(7-12(13)16)11-6-10(11)8-17/h4-5,7,10-11H,6,8,17H2,1-3H3,(H,18,19)/t10-,11-/m0/s1. The topological polar surface area (TPSA) is 64.3 Å². The molecule has 1 aliphatic rings. The fourth-order valence-electron chi connectivity index (χ4n) is 2.19. The van der Waals surface area contributed by atoms with Gasteiger partial charge >= 0.3 is 6.09 Å². The molecule has 0 spiro atoms. The number of benzene rings is 1. The largest absolute Gasteiger partial charge is 0.444 e. The molecule has 3 N–H and O–H groups in total. The molecule has 0 unspecified atom stereocenters. The van der Waals surface area contributed by atoms with Crippen molar-refractivity contribution in [3.05, 3.63) is 28.8 Å². The third-order valence-electron chi connectivity index (χ3n) is 3.28. The van der Waals surface area contributed by atoms with E-state index in [0.717, 1.165) is 6.42 Å². The Morgan fingerprint density at radius 3 is 2.70 bits per heavy atom. The van der Waals surface area contributed by atoms with Gasteiger partial charge in [-0.3, -0.25) is 5.32 Å². The quantitative estimate of drug-likeness (QED) is 0.893. The fraction of sp³-hybridized carbons (Fsp3) is 0.533. The predicted octanol–water partition coefficient (Wildman–Crippen LogP) is 3.75. The zero-order chi connectivity index (χ0) is 14.9. The molecule has 0 saturated heterocycles. The van der Waals surface area contributed by atoms with Crippen molar-refractivity contribution in [3.8, 4) is 0 Å². The van der Waals surface area contributed by atoms with Crippen molar-refractivity contribution >= 4 is 23.4 Å². The average Bonchev–Trinajstić information content (AvgIpc) is 3.08. The first-order chi connectivity index (χ1) is 9.30. The Labute approximate surface area is 124 Å². The Balaban J connectivity index is 2.01. The number of rotatable bonds is 3. The van der Waals surface area contributed by atoms with Crippen LogP contribution in [0.4, 0.5) is 10.5 Å². The van der Waals surface area contributed by atoms with Gasteiger partial charge in [-0.25, -0.2) is 4.79 Å². The SMILES string of the molecule is CC(C)(C)OC(=O)Nc1ccc([C@@H]2C[C@H]2CN)cc1Cl. The molecule has 0 bridgehead atoms. The Morgan fingerprint density at radius 1 is 1.50 bits per heavy atom. The number of ether oxygens (including phenoxy) is 1. The molecule has 5 heteroatoms. The van der Waals surface area contributed by atoms with Gasteiger partial charge < -0.3 is 10.5 Å². The van der Waals surface area contributed by atoms with E-state index >= 15 is 0 Å². The van der Waals surface area contributed by atoms with Gasteiger partial charge in [-0.05, 0) is 63.3 Å². The van der Waals surface area contributed by atoms with Crippen molar-refractivity contribution in [1.82, 2.24) is 0 Å². The minimum atomic E-state index is -0.529. The van der Waals surface area contributed by atoms with Gasteiger partial charge in [0.15, 0.2) is 0 Å². The normalized spacial score (nSPS) is 21.4. The third kappa shape index (κ3) is 3.87. The lowest BCUT2D eigenvalue weighted by Crippen LogP contribution is -2.27. The molecule has 1 aliphatic carbocycles. The number of nitrogens with two attached hydrogens (primary N) is 1. The molecule has 20 heavy (non-hydrogen) atoms. The number of hydrogen-bond acceptors (Lipinski definition) is 3. The summed E-state index contributed by atoms with van der Waals surface area (Å²) in [5, 5.41) is 3.18. The number of halogens is 1. The highest BCUT2D eigenvalue weighted by molar-refractivity contribution is 6.33. The Hall–Kier alpha value is -1.26. The van der Waals surface area contributed by atoms with E-state index in [-0.39, 0.29) is 0 Å². The van der Waals surface area contributed by atoms with Gasteiger partial charge in [-0.1, -0.05) is 17.7 Å². The maximum atomic E-state index is 11.7. The first-order valence-corrected chi connectivity index (χ1v) is 7.17. The van der Waals surface area contributed by atoms with Crippen molar-refractivity contribution in [3.63, 3.8) is 0 Å². The molecular weight excluding hydrogens is 276 g/mol. The van der Waals surface area contributed by atoms with Crippen LogP contribution in [0.3, 0.4) is 0 Å². The molecule has 4 nitrogen and oxygen atoms in total. The number of anilines is 1. The summed E-state index contributed by atoms with van der Waals surface area (Å²) in [6.07, 6.45) is 0.615. The van der Waals surface area contributed by atoms with Crippen LogP contribution in [0.25, 0.3) is 0 Å². The molecular formula is C15H21ClN2O2. The molecule has 0 aromatic heterocycles. The summed E-state index contributed by atoms with van der Waals surface area (Å²) in [4.78, 5) is 11.7. The molecule has 1 amide bonds. The summed E-state index contributed by atoms with van der Waals surface area (Å²) in [7, 11) is 0. The summed E-state index contributed by atoms with van der Waals surface area (Å²) >= 11 is 6.21. The molecule has 0 aliphatic heterocycles. The maximum Gasteiger partial charge on any atom is 0.412 e. The van der Waals surface area contributed by atoms with Crippen LogP contribution in [0.5, 0.6) is 0 Å². The molecule has 2 rings (SSSR count). The van der Waals surface area contributed by atoms with E-state index < -0.39 is 11.7 Å². The van der Waals surface area contributed by atoms with Crippen molar-refractivity contribution in [2.24, 2.45) is 11.7 Å². The van der Waals surface area contributed by atoms with E-state index in [4.69, 9.17) is 22.1 Å². The average molecular weight is 297 g/mol. The molecule has 1 fully saturated rings. The van der Waals surface area contributed by atoms with Crippen LogP contribution < -0.4 is 11.1 Å². The number of nitrogens with one attached hydrogen (secondary N) is 1. The van der Waals surface area contributed by atoms with E-state index in [9.17, 15) is 4.79 Å². The van der Waals surface area contributed by atoms with Gasteiger partial charge in [0, 0.05) is 0 Å². The molecule has 0 radical (unpaired) electrons. The first kappa shape index (κ1) is 15.1. The zero-order valence-corrected chi connectivity index (χ0v) is 12.8. The summed E-state index contributed by atoms with van der Waals surface area (Å²) in [6, 6.07) is 5.70. The second-order valence-corrected chi connectivity index (χ2v) is 6.61. The van der Waals surface area contributed by atoms with Crippen molar-refractivity contribution in [1.29, 1.82) is 0 Å². The monoisotopic (exact) mass is 296 g/mol. The lowest BCUT2D eigenvalue weighted by molar-refractivity contribution is 0.0636. The summed E-state index contributed by atoms with van der Waals surface area (Å²) < 4.78 is 5.20. The Bertz CT molecular complexity index is 511. The third-order valence-corrected chi connectivity index (χ3v) is 3.59. The van der Waals surface area contributed by atoms with E-state index in [1.807, 2.05) is 39.0 Å². The lowest BCUT2D eigenvalue weighted by atomic mass is 10.1. The minimum absolute atomic E-state index is 0.501. The van der Waals surface area contributed by atoms with Crippen LogP contribution in [-0.2, 0) is 4.74 Å². The highest BCUT2D eigenvalue weighted by atomic mass is 35.5. The van der Waals surface area contributed by atoms with Gasteiger partial charge in [-0.15, -0.1) is 0 Å². The maximum absolute atomic E-state index is 11.7. The van der Waals surface area contributed by atoms with Crippen LogP contribution in [-0.4, -0.2) is 18.2 Å². The van der Waals surface area contributed by atoms with E-state index in [0.29, 0.717) is 29.1 Å². The molecule has 1 saturated carbocycles. The van der Waals surface area contributed by atoms with Crippen LogP contribution in [0.15, 0.2) is 18.2 Å². The van der Waals surface area contributed by atoms with Gasteiger partial charge in [0.05, 0.1) is 10.7 Å². The van der Waals surface area contributed by atoms with Crippen molar-refractivity contribution < 1.29 is 9.53 Å². The van der Waals surface area contributed by atoms with Gasteiger partial charge in [0.25, 0.3) is 0 Å². The Kier molecular flexibility index (Phi) is 4.25. The van der Waals surface area contributed by atoms with Crippen LogP contribution in [0, 0.1) is 5.92 Å². The predicted molar refractivity (Wildman–Crippen MR) is 81.2 cm³/mol. The summed E-state index contributed by atoms with van der Waals surface area (Å²) in [5.41, 5.74) is 6.86. The van der Waals surface area contributed by atoms with Crippen LogP contribution in [0.2, 0.25) is 5.02 Å². The summed E-state index contributed by atoms with van der Waals surface area (Å²) in [5.74, 6) is 1.07. The minimum Gasteiger partial charge on any atom is -0.444 e. The summed E-state index contributed by atoms with van der Waals surface area (Å²) in [6.45, 7) is 6.16.